The van der Waals surface area contributed by atoms with E-state index in [1.165, 1.54) is 0 Å². The molecule has 5 nitrogen and oxygen atoms in total. The van der Waals surface area contributed by atoms with Gasteiger partial charge in [-0.25, -0.2) is 0 Å². The number of primary amides is 1. The zero-order valence-corrected chi connectivity index (χ0v) is 8.32. The first-order chi connectivity index (χ1) is 7.11. The van der Waals surface area contributed by atoms with Crippen LogP contribution < -0.4 is 11.5 Å². The molecule has 0 spiro atoms. The fourth-order valence-electron chi connectivity index (χ4n) is 1.30. The molecule has 76 valence electrons. The average molecular weight is 223 g/mol. The molecule has 6 heteroatoms. The van der Waals surface area contributed by atoms with Crippen molar-refractivity contribution in [1.82, 2.24) is 10.2 Å². The van der Waals surface area contributed by atoms with Crippen molar-refractivity contribution in [3.63, 3.8) is 0 Å². The van der Waals surface area contributed by atoms with Gasteiger partial charge in [0.15, 0.2) is 5.69 Å². The third-order valence-electron chi connectivity index (χ3n) is 2.02. The number of carbonyl (C=O) groups is 1. The van der Waals surface area contributed by atoms with Gasteiger partial charge >= 0.3 is 0 Å². The van der Waals surface area contributed by atoms with E-state index >= 15 is 0 Å². The van der Waals surface area contributed by atoms with E-state index in [2.05, 4.69) is 10.2 Å². The summed E-state index contributed by atoms with van der Waals surface area (Å²) in [7, 11) is 0. The molecular formula is C9H7ClN4O. The highest BCUT2D eigenvalue weighted by atomic mass is 35.5. The summed E-state index contributed by atoms with van der Waals surface area (Å²) in [4.78, 5) is 11.0. The Bertz CT molecular complexity index is 555. The zero-order valence-electron chi connectivity index (χ0n) is 7.57. The molecule has 1 heterocycles. The Labute approximate surface area is 90.0 Å². The van der Waals surface area contributed by atoms with Gasteiger partial charge in [-0.1, -0.05) is 23.7 Å². The van der Waals surface area contributed by atoms with Crippen LogP contribution in [0.25, 0.3) is 10.9 Å². The number of aromatic nitrogens is 2. The van der Waals surface area contributed by atoms with Crippen LogP contribution in [-0.2, 0) is 0 Å². The van der Waals surface area contributed by atoms with E-state index in [1.807, 2.05) is 0 Å². The standard InChI is InChI=1S/C9H7ClN4O/c10-5-3-1-2-4-6(11)8(9(12)15)14-13-7(4)5/h1-3H,(H2,11,13)(H2,12,15). The second-order valence-electron chi connectivity index (χ2n) is 2.96. The van der Waals surface area contributed by atoms with Gasteiger partial charge in [-0.05, 0) is 6.07 Å². The molecule has 4 N–H and O–H groups in total. The molecule has 0 fully saturated rings. The molecule has 0 saturated heterocycles. The molecule has 0 saturated carbocycles. The maximum absolute atomic E-state index is 11.0. The normalized spacial score (nSPS) is 10.5. The van der Waals surface area contributed by atoms with Crippen molar-refractivity contribution in [3.8, 4) is 0 Å². The van der Waals surface area contributed by atoms with Crippen LogP contribution >= 0.6 is 11.6 Å². The third kappa shape index (κ3) is 1.46. The van der Waals surface area contributed by atoms with Crippen molar-refractivity contribution in [2.24, 2.45) is 5.73 Å². The number of anilines is 1. The number of nitrogens with two attached hydrogens (primary N) is 2. The molecule has 0 radical (unpaired) electrons. The second kappa shape index (κ2) is 3.36. The van der Waals surface area contributed by atoms with Gasteiger partial charge in [0, 0.05) is 5.39 Å². The number of carbonyl (C=O) groups excluding carboxylic acids is 1. The van der Waals surface area contributed by atoms with Crippen LogP contribution in [0.15, 0.2) is 18.2 Å². The van der Waals surface area contributed by atoms with Gasteiger partial charge in [-0.15, -0.1) is 10.2 Å². The van der Waals surface area contributed by atoms with Crippen LogP contribution in [0.3, 0.4) is 0 Å². The van der Waals surface area contributed by atoms with E-state index < -0.39 is 5.91 Å². The van der Waals surface area contributed by atoms with Crippen molar-refractivity contribution < 1.29 is 4.79 Å². The SMILES string of the molecule is NC(=O)c1nnc2c(Cl)cccc2c1N. The molecule has 1 amide bonds. The molecule has 0 aliphatic rings. The number of halogens is 1. The van der Waals surface area contributed by atoms with Crippen molar-refractivity contribution in [2.75, 3.05) is 5.73 Å². The van der Waals surface area contributed by atoms with E-state index in [0.717, 1.165) is 0 Å². The number of hydrogen-bond donors (Lipinski definition) is 2. The Morgan fingerprint density at radius 2 is 2.07 bits per heavy atom. The highest BCUT2D eigenvalue weighted by Crippen LogP contribution is 2.26. The fourth-order valence-corrected chi connectivity index (χ4v) is 1.51. The van der Waals surface area contributed by atoms with Crippen LogP contribution in [0.2, 0.25) is 5.02 Å². The summed E-state index contributed by atoms with van der Waals surface area (Å²) in [6.45, 7) is 0. The topological polar surface area (TPSA) is 94.9 Å². The molecule has 1 aromatic carbocycles. The predicted octanol–water partition coefficient (Wildman–Crippen LogP) is 0.964. The summed E-state index contributed by atoms with van der Waals surface area (Å²) < 4.78 is 0. The van der Waals surface area contributed by atoms with Crippen molar-refractivity contribution in [1.29, 1.82) is 0 Å². The maximum Gasteiger partial charge on any atom is 0.271 e. The molecule has 0 unspecified atom stereocenters. The number of hydrogen-bond acceptors (Lipinski definition) is 4. The fraction of sp³-hybridized carbons (Fsp3) is 0. The van der Waals surface area contributed by atoms with Gasteiger partial charge in [0.1, 0.15) is 5.52 Å². The summed E-state index contributed by atoms with van der Waals surface area (Å²) in [5.41, 5.74) is 11.4. The Morgan fingerprint density at radius 1 is 1.33 bits per heavy atom. The van der Waals surface area contributed by atoms with Gasteiger partial charge in [0.25, 0.3) is 5.91 Å². The third-order valence-corrected chi connectivity index (χ3v) is 2.32. The second-order valence-corrected chi connectivity index (χ2v) is 3.37. The molecular weight excluding hydrogens is 216 g/mol. The van der Waals surface area contributed by atoms with Crippen LogP contribution in [0.4, 0.5) is 5.69 Å². The highest BCUT2D eigenvalue weighted by Gasteiger charge is 2.13. The number of rotatable bonds is 1. The van der Waals surface area contributed by atoms with Gasteiger partial charge in [0.2, 0.25) is 0 Å². The molecule has 0 bridgehead atoms. The summed E-state index contributed by atoms with van der Waals surface area (Å²) in [6.07, 6.45) is 0. The molecule has 0 atom stereocenters. The molecule has 15 heavy (non-hydrogen) atoms. The first kappa shape index (κ1) is 9.67. The molecule has 2 rings (SSSR count). The minimum absolute atomic E-state index is 0.0373. The van der Waals surface area contributed by atoms with E-state index in [4.69, 9.17) is 23.1 Å². The van der Waals surface area contributed by atoms with Crippen LogP contribution in [-0.4, -0.2) is 16.1 Å². The van der Waals surface area contributed by atoms with Crippen LogP contribution in [0, 0.1) is 0 Å². The Balaban J connectivity index is 2.86. The summed E-state index contributed by atoms with van der Waals surface area (Å²) in [6, 6.07) is 5.09. The number of benzene rings is 1. The first-order valence-corrected chi connectivity index (χ1v) is 4.49. The minimum Gasteiger partial charge on any atom is -0.396 e. The van der Waals surface area contributed by atoms with Crippen molar-refractivity contribution >= 4 is 34.1 Å². The van der Waals surface area contributed by atoms with E-state index in [-0.39, 0.29) is 11.4 Å². The molecule has 2 aromatic rings. The lowest BCUT2D eigenvalue weighted by molar-refractivity contribution is 0.0996. The number of fused-ring (bicyclic) bond motifs is 1. The quantitative estimate of drug-likeness (QED) is 0.751. The maximum atomic E-state index is 11.0. The number of nitrogens with zero attached hydrogens (tertiary/aromatic N) is 2. The first-order valence-electron chi connectivity index (χ1n) is 4.11. The monoisotopic (exact) mass is 222 g/mol. The van der Waals surface area contributed by atoms with E-state index in [0.29, 0.717) is 15.9 Å². The highest BCUT2D eigenvalue weighted by molar-refractivity contribution is 6.35. The number of amides is 1. The van der Waals surface area contributed by atoms with Crippen LogP contribution in [0.5, 0.6) is 0 Å². The minimum atomic E-state index is -0.707. The lowest BCUT2D eigenvalue weighted by Gasteiger charge is -2.04. The predicted molar refractivity (Wildman–Crippen MR) is 57.5 cm³/mol. The summed E-state index contributed by atoms with van der Waals surface area (Å²) in [5.74, 6) is -0.707. The smallest absolute Gasteiger partial charge is 0.271 e. The average Bonchev–Trinajstić information content (AvgIpc) is 2.19. The van der Waals surface area contributed by atoms with Gasteiger partial charge in [-0.2, -0.15) is 0 Å². The summed E-state index contributed by atoms with van der Waals surface area (Å²) >= 11 is 5.89. The van der Waals surface area contributed by atoms with Gasteiger partial charge < -0.3 is 11.5 Å². The van der Waals surface area contributed by atoms with Crippen LogP contribution in [0.1, 0.15) is 10.5 Å². The Morgan fingerprint density at radius 3 is 2.73 bits per heavy atom. The van der Waals surface area contributed by atoms with E-state index in [9.17, 15) is 4.79 Å². The van der Waals surface area contributed by atoms with Gasteiger partial charge in [-0.3, -0.25) is 4.79 Å². The largest absolute Gasteiger partial charge is 0.396 e. The van der Waals surface area contributed by atoms with Crippen molar-refractivity contribution in [3.05, 3.63) is 28.9 Å². The van der Waals surface area contributed by atoms with E-state index in [1.54, 1.807) is 18.2 Å². The molecule has 1 aromatic heterocycles. The zero-order chi connectivity index (χ0) is 11.0. The Kier molecular flexibility index (Phi) is 2.17. The lowest BCUT2D eigenvalue weighted by atomic mass is 10.1. The lowest BCUT2D eigenvalue weighted by Crippen LogP contribution is -2.16. The molecule has 0 aliphatic heterocycles. The van der Waals surface area contributed by atoms with Gasteiger partial charge in [0.05, 0.1) is 10.7 Å². The summed E-state index contributed by atoms with van der Waals surface area (Å²) in [5, 5.41) is 8.44. The number of nitrogen functional groups attached to an aromatic ring is 1. The Hall–Kier alpha value is -1.88. The van der Waals surface area contributed by atoms with Crippen molar-refractivity contribution in [2.45, 2.75) is 0 Å². The molecule has 0 aliphatic carbocycles.